The SMILES string of the molecule is Cc1[nH]c(=O)c(Cc2cccc(Br)c2)cc1C(=O)O. The lowest BCUT2D eigenvalue weighted by atomic mass is 10.0. The number of pyridine rings is 1. The third-order valence-corrected chi connectivity index (χ3v) is 3.32. The molecule has 0 radical (unpaired) electrons. The molecule has 19 heavy (non-hydrogen) atoms. The van der Waals surface area contributed by atoms with Gasteiger partial charge in [-0.15, -0.1) is 0 Å². The average molecular weight is 322 g/mol. The Morgan fingerprint density at radius 3 is 2.74 bits per heavy atom. The minimum atomic E-state index is -1.04. The number of aromatic nitrogens is 1. The summed E-state index contributed by atoms with van der Waals surface area (Å²) in [6.07, 6.45) is 0.398. The van der Waals surface area contributed by atoms with Crippen molar-refractivity contribution in [3.05, 3.63) is 67.5 Å². The van der Waals surface area contributed by atoms with Crippen molar-refractivity contribution in [2.75, 3.05) is 0 Å². The number of carboxylic acid groups (broad SMARTS) is 1. The van der Waals surface area contributed by atoms with E-state index in [9.17, 15) is 9.59 Å². The fourth-order valence-corrected chi connectivity index (χ4v) is 2.33. The molecule has 0 amide bonds. The Balaban J connectivity index is 2.43. The van der Waals surface area contributed by atoms with Crippen molar-refractivity contribution < 1.29 is 9.90 Å². The Hall–Kier alpha value is -1.88. The fourth-order valence-electron chi connectivity index (χ4n) is 1.89. The van der Waals surface area contributed by atoms with Gasteiger partial charge in [0.25, 0.3) is 5.56 Å². The minimum absolute atomic E-state index is 0.129. The molecule has 0 saturated heterocycles. The molecule has 0 bridgehead atoms. The van der Waals surface area contributed by atoms with Gasteiger partial charge < -0.3 is 10.1 Å². The molecular weight excluding hydrogens is 310 g/mol. The quantitative estimate of drug-likeness (QED) is 0.913. The lowest BCUT2D eigenvalue weighted by Gasteiger charge is -2.06. The first-order chi connectivity index (χ1) is 8.97. The number of hydrogen-bond donors (Lipinski definition) is 2. The second-order valence-corrected chi connectivity index (χ2v) is 5.19. The van der Waals surface area contributed by atoms with Gasteiger partial charge in [0.2, 0.25) is 0 Å². The Labute approximate surface area is 118 Å². The molecule has 0 saturated carbocycles. The van der Waals surface area contributed by atoms with Crippen LogP contribution in [-0.2, 0) is 6.42 Å². The molecule has 0 spiro atoms. The maximum Gasteiger partial charge on any atom is 0.337 e. The third-order valence-electron chi connectivity index (χ3n) is 2.83. The van der Waals surface area contributed by atoms with E-state index in [0.717, 1.165) is 10.0 Å². The Bertz CT molecular complexity index is 691. The third kappa shape index (κ3) is 3.12. The lowest BCUT2D eigenvalue weighted by Crippen LogP contribution is -2.17. The maximum absolute atomic E-state index is 11.8. The minimum Gasteiger partial charge on any atom is -0.478 e. The van der Waals surface area contributed by atoms with E-state index in [1.165, 1.54) is 6.07 Å². The van der Waals surface area contributed by atoms with Crippen LogP contribution in [0.4, 0.5) is 0 Å². The highest BCUT2D eigenvalue weighted by Crippen LogP contribution is 2.15. The zero-order valence-corrected chi connectivity index (χ0v) is 11.8. The van der Waals surface area contributed by atoms with Gasteiger partial charge in [-0.2, -0.15) is 0 Å². The predicted molar refractivity (Wildman–Crippen MR) is 75.7 cm³/mol. The second kappa shape index (κ2) is 5.40. The van der Waals surface area contributed by atoms with Crippen LogP contribution in [0.15, 0.2) is 39.6 Å². The van der Waals surface area contributed by atoms with E-state index in [1.54, 1.807) is 6.92 Å². The van der Waals surface area contributed by atoms with Gasteiger partial charge in [-0.3, -0.25) is 4.79 Å². The summed E-state index contributed by atoms with van der Waals surface area (Å²) < 4.78 is 0.923. The number of carbonyl (C=O) groups is 1. The van der Waals surface area contributed by atoms with Gasteiger partial charge in [-0.25, -0.2) is 4.79 Å². The first kappa shape index (κ1) is 13.5. The molecule has 1 heterocycles. The van der Waals surface area contributed by atoms with Crippen LogP contribution in [0, 0.1) is 6.92 Å². The van der Waals surface area contributed by atoms with Crippen molar-refractivity contribution in [3.63, 3.8) is 0 Å². The molecule has 1 aromatic heterocycles. The van der Waals surface area contributed by atoms with Crippen LogP contribution in [0.1, 0.15) is 27.2 Å². The topological polar surface area (TPSA) is 70.2 Å². The van der Waals surface area contributed by atoms with Gasteiger partial charge in [-0.05, 0) is 30.7 Å². The molecule has 2 aromatic rings. The lowest BCUT2D eigenvalue weighted by molar-refractivity contribution is 0.0695. The summed E-state index contributed by atoms with van der Waals surface area (Å²) in [5.41, 5.74) is 1.64. The number of benzene rings is 1. The van der Waals surface area contributed by atoms with Crippen molar-refractivity contribution in [1.82, 2.24) is 4.98 Å². The van der Waals surface area contributed by atoms with E-state index < -0.39 is 5.97 Å². The zero-order chi connectivity index (χ0) is 14.0. The van der Waals surface area contributed by atoms with E-state index >= 15 is 0 Å². The molecule has 0 fully saturated rings. The predicted octanol–water partition coefficient (Wildman–Crippen LogP) is 2.73. The summed E-state index contributed by atoms with van der Waals surface area (Å²) in [5.74, 6) is -1.04. The summed E-state index contributed by atoms with van der Waals surface area (Å²) in [7, 11) is 0. The zero-order valence-electron chi connectivity index (χ0n) is 10.2. The molecule has 0 atom stereocenters. The molecule has 2 N–H and O–H groups in total. The highest BCUT2D eigenvalue weighted by molar-refractivity contribution is 9.10. The van der Waals surface area contributed by atoms with Gasteiger partial charge in [0.15, 0.2) is 0 Å². The van der Waals surface area contributed by atoms with Crippen molar-refractivity contribution in [3.8, 4) is 0 Å². The fraction of sp³-hybridized carbons (Fsp3) is 0.143. The first-order valence-corrected chi connectivity index (χ1v) is 6.47. The van der Waals surface area contributed by atoms with E-state index in [1.807, 2.05) is 24.3 Å². The smallest absolute Gasteiger partial charge is 0.337 e. The van der Waals surface area contributed by atoms with E-state index in [2.05, 4.69) is 20.9 Å². The van der Waals surface area contributed by atoms with Crippen molar-refractivity contribution in [2.45, 2.75) is 13.3 Å². The van der Waals surface area contributed by atoms with Gasteiger partial charge in [0, 0.05) is 22.2 Å². The van der Waals surface area contributed by atoms with Crippen LogP contribution >= 0.6 is 15.9 Å². The molecule has 2 rings (SSSR count). The molecule has 0 aliphatic rings. The van der Waals surface area contributed by atoms with Gasteiger partial charge in [-0.1, -0.05) is 28.1 Å². The van der Waals surface area contributed by atoms with Crippen molar-refractivity contribution in [1.29, 1.82) is 0 Å². The van der Waals surface area contributed by atoms with Crippen molar-refractivity contribution >= 4 is 21.9 Å². The van der Waals surface area contributed by atoms with Crippen LogP contribution < -0.4 is 5.56 Å². The monoisotopic (exact) mass is 321 g/mol. The number of carboxylic acids is 1. The van der Waals surface area contributed by atoms with Gasteiger partial charge in [0.1, 0.15) is 0 Å². The molecule has 5 heteroatoms. The molecule has 0 aliphatic carbocycles. The number of halogens is 1. The highest BCUT2D eigenvalue weighted by Gasteiger charge is 2.11. The summed E-state index contributed by atoms with van der Waals surface area (Å²) in [5, 5.41) is 9.06. The maximum atomic E-state index is 11.8. The number of rotatable bonds is 3. The Morgan fingerprint density at radius 1 is 1.37 bits per heavy atom. The molecular formula is C14H12BrNO3. The number of aromatic amines is 1. The molecule has 98 valence electrons. The normalized spacial score (nSPS) is 10.4. The molecule has 4 nitrogen and oxygen atoms in total. The molecule has 0 aliphatic heterocycles. The number of aromatic carboxylic acids is 1. The summed E-state index contributed by atoms with van der Waals surface area (Å²) in [6.45, 7) is 1.58. The van der Waals surface area contributed by atoms with Crippen LogP contribution in [0.25, 0.3) is 0 Å². The van der Waals surface area contributed by atoms with E-state index in [4.69, 9.17) is 5.11 Å². The van der Waals surface area contributed by atoms with Crippen LogP contribution in [0.3, 0.4) is 0 Å². The van der Waals surface area contributed by atoms with Crippen LogP contribution in [0.2, 0.25) is 0 Å². The van der Waals surface area contributed by atoms with Gasteiger partial charge in [0.05, 0.1) is 5.56 Å². The van der Waals surface area contributed by atoms with Crippen LogP contribution in [-0.4, -0.2) is 16.1 Å². The Morgan fingerprint density at radius 2 is 2.11 bits per heavy atom. The van der Waals surface area contributed by atoms with E-state index in [-0.39, 0.29) is 11.1 Å². The summed E-state index contributed by atoms with van der Waals surface area (Å²) >= 11 is 3.36. The highest BCUT2D eigenvalue weighted by atomic mass is 79.9. The molecule has 0 unspecified atom stereocenters. The number of H-pyrrole nitrogens is 1. The number of aryl methyl sites for hydroxylation is 1. The standard InChI is InChI=1S/C14H12BrNO3/c1-8-12(14(18)19)7-10(13(17)16-8)5-9-3-2-4-11(15)6-9/h2-4,6-7H,5H2,1H3,(H,16,17)(H,18,19). The first-order valence-electron chi connectivity index (χ1n) is 5.68. The van der Waals surface area contributed by atoms with Gasteiger partial charge >= 0.3 is 5.97 Å². The Kier molecular flexibility index (Phi) is 3.85. The summed E-state index contributed by atoms with van der Waals surface area (Å²) in [4.78, 5) is 25.5. The second-order valence-electron chi connectivity index (χ2n) is 4.27. The van der Waals surface area contributed by atoms with E-state index in [0.29, 0.717) is 17.7 Å². The molecule has 1 aromatic carbocycles. The number of hydrogen-bond acceptors (Lipinski definition) is 2. The van der Waals surface area contributed by atoms with Crippen molar-refractivity contribution in [2.24, 2.45) is 0 Å². The average Bonchev–Trinajstić information content (AvgIpc) is 2.32. The van der Waals surface area contributed by atoms with Crippen LogP contribution in [0.5, 0.6) is 0 Å². The number of nitrogens with one attached hydrogen (secondary N) is 1. The summed E-state index contributed by atoms with van der Waals surface area (Å²) in [6, 6.07) is 9.01. The largest absolute Gasteiger partial charge is 0.478 e.